The highest BCUT2D eigenvalue weighted by molar-refractivity contribution is 7.89. The van der Waals surface area contributed by atoms with E-state index in [0.717, 1.165) is 12.8 Å². The normalized spacial score (nSPS) is 18.2. The molecule has 0 saturated carbocycles. The van der Waals surface area contributed by atoms with Crippen LogP contribution in [0.2, 0.25) is 0 Å². The standard InChI is InChI=1S/C18H19N3O3S2/c1-13-3-2-9-21(12-13)26(23,24)16-6-4-14(5-7-16)17(22)20-18-15(11-19)8-10-25-18/h4-8,10,13H,2-3,9,12H2,1H3,(H,20,22)/t13-/m1/s1. The van der Waals surface area contributed by atoms with Gasteiger partial charge in [-0.3, -0.25) is 4.79 Å². The van der Waals surface area contributed by atoms with Gasteiger partial charge >= 0.3 is 0 Å². The van der Waals surface area contributed by atoms with Gasteiger partial charge in [-0.05, 0) is 54.5 Å². The number of amides is 1. The summed E-state index contributed by atoms with van der Waals surface area (Å²) in [5, 5.41) is 13.9. The van der Waals surface area contributed by atoms with Crippen LogP contribution in [-0.2, 0) is 10.0 Å². The summed E-state index contributed by atoms with van der Waals surface area (Å²) in [5.74, 6) is -0.0248. The van der Waals surface area contributed by atoms with Crippen LogP contribution < -0.4 is 5.32 Å². The van der Waals surface area contributed by atoms with Crippen molar-refractivity contribution in [2.24, 2.45) is 5.92 Å². The molecule has 1 saturated heterocycles. The predicted molar refractivity (Wildman–Crippen MR) is 101 cm³/mol. The van der Waals surface area contributed by atoms with E-state index in [2.05, 4.69) is 12.2 Å². The third-order valence-corrected chi connectivity index (χ3v) is 7.10. The van der Waals surface area contributed by atoms with Crippen molar-refractivity contribution >= 4 is 32.3 Å². The number of nitriles is 1. The van der Waals surface area contributed by atoms with E-state index >= 15 is 0 Å². The molecule has 3 rings (SSSR count). The van der Waals surface area contributed by atoms with Crippen LogP contribution >= 0.6 is 11.3 Å². The SMILES string of the molecule is C[C@@H]1CCCN(S(=O)(=O)c2ccc(C(=O)Nc3sccc3C#N)cc2)C1. The lowest BCUT2D eigenvalue weighted by Gasteiger charge is -2.30. The Morgan fingerprint density at radius 3 is 2.69 bits per heavy atom. The van der Waals surface area contributed by atoms with Crippen molar-refractivity contribution in [1.82, 2.24) is 4.31 Å². The van der Waals surface area contributed by atoms with E-state index in [1.54, 1.807) is 11.4 Å². The van der Waals surface area contributed by atoms with E-state index in [4.69, 9.17) is 5.26 Å². The first-order valence-electron chi connectivity index (χ1n) is 8.31. The zero-order chi connectivity index (χ0) is 18.7. The van der Waals surface area contributed by atoms with Gasteiger partial charge in [0.15, 0.2) is 0 Å². The lowest BCUT2D eigenvalue weighted by atomic mass is 10.0. The van der Waals surface area contributed by atoms with E-state index in [0.29, 0.717) is 35.1 Å². The molecule has 1 aromatic heterocycles. The van der Waals surface area contributed by atoms with E-state index in [1.165, 1.54) is 39.9 Å². The summed E-state index contributed by atoms with van der Waals surface area (Å²) in [7, 11) is -3.54. The topological polar surface area (TPSA) is 90.3 Å². The second-order valence-electron chi connectivity index (χ2n) is 6.36. The van der Waals surface area contributed by atoms with Crippen molar-refractivity contribution in [3.8, 4) is 6.07 Å². The summed E-state index contributed by atoms with van der Waals surface area (Å²) in [4.78, 5) is 12.5. The average Bonchev–Trinajstić information content (AvgIpc) is 3.09. The van der Waals surface area contributed by atoms with E-state index < -0.39 is 10.0 Å². The van der Waals surface area contributed by atoms with Gasteiger partial charge in [-0.25, -0.2) is 8.42 Å². The Balaban J connectivity index is 1.75. The number of nitrogens with zero attached hydrogens (tertiary/aromatic N) is 2. The lowest BCUT2D eigenvalue weighted by Crippen LogP contribution is -2.39. The Kier molecular flexibility index (Phi) is 5.41. The molecule has 1 aliphatic heterocycles. The minimum atomic E-state index is -3.54. The first-order chi connectivity index (χ1) is 12.4. The zero-order valence-electron chi connectivity index (χ0n) is 14.3. The number of carbonyl (C=O) groups is 1. The number of sulfonamides is 1. The Bertz CT molecular complexity index is 943. The third kappa shape index (κ3) is 3.80. The van der Waals surface area contributed by atoms with E-state index in [9.17, 15) is 13.2 Å². The first kappa shape index (κ1) is 18.6. The van der Waals surface area contributed by atoms with Gasteiger partial charge in [-0.2, -0.15) is 9.57 Å². The summed E-state index contributed by atoms with van der Waals surface area (Å²) < 4.78 is 27.0. The molecule has 0 aliphatic carbocycles. The fraction of sp³-hybridized carbons (Fsp3) is 0.333. The molecule has 1 amide bonds. The molecule has 0 unspecified atom stereocenters. The Morgan fingerprint density at radius 2 is 2.04 bits per heavy atom. The molecule has 1 aromatic carbocycles. The highest BCUT2D eigenvalue weighted by atomic mass is 32.2. The van der Waals surface area contributed by atoms with Gasteiger partial charge in [0.1, 0.15) is 11.1 Å². The van der Waals surface area contributed by atoms with Crippen molar-refractivity contribution in [3.05, 3.63) is 46.8 Å². The molecule has 8 heteroatoms. The maximum Gasteiger partial charge on any atom is 0.256 e. The Labute approximate surface area is 157 Å². The maximum atomic E-state index is 12.7. The fourth-order valence-electron chi connectivity index (χ4n) is 2.96. The van der Waals surface area contributed by atoms with Crippen LogP contribution in [0.3, 0.4) is 0 Å². The molecule has 2 aromatic rings. The smallest absolute Gasteiger partial charge is 0.256 e. The van der Waals surface area contributed by atoms with Crippen LogP contribution in [0.1, 0.15) is 35.7 Å². The molecule has 26 heavy (non-hydrogen) atoms. The summed E-state index contributed by atoms with van der Waals surface area (Å²) in [6, 6.07) is 9.56. The first-order valence-corrected chi connectivity index (χ1v) is 10.6. The van der Waals surface area contributed by atoms with Crippen LogP contribution in [0.5, 0.6) is 0 Å². The number of piperidine rings is 1. The van der Waals surface area contributed by atoms with Crippen LogP contribution in [0.4, 0.5) is 5.00 Å². The zero-order valence-corrected chi connectivity index (χ0v) is 15.9. The fourth-order valence-corrected chi connectivity index (χ4v) is 5.29. The Morgan fingerprint density at radius 1 is 1.31 bits per heavy atom. The molecule has 0 spiro atoms. The van der Waals surface area contributed by atoms with Gasteiger partial charge in [0, 0.05) is 18.7 Å². The third-order valence-electron chi connectivity index (χ3n) is 4.39. The molecule has 1 atom stereocenters. The van der Waals surface area contributed by atoms with Crippen molar-refractivity contribution in [3.63, 3.8) is 0 Å². The Hall–Kier alpha value is -2.21. The second-order valence-corrected chi connectivity index (χ2v) is 9.22. The van der Waals surface area contributed by atoms with Crippen LogP contribution in [0, 0.1) is 17.2 Å². The van der Waals surface area contributed by atoms with Crippen molar-refractivity contribution in [2.45, 2.75) is 24.7 Å². The molecular weight excluding hydrogens is 370 g/mol. The van der Waals surface area contributed by atoms with Crippen molar-refractivity contribution < 1.29 is 13.2 Å². The van der Waals surface area contributed by atoms with E-state index in [1.807, 2.05) is 6.07 Å². The number of rotatable bonds is 4. The molecule has 136 valence electrons. The lowest BCUT2D eigenvalue weighted by molar-refractivity contribution is 0.102. The molecule has 6 nitrogen and oxygen atoms in total. The summed E-state index contributed by atoms with van der Waals surface area (Å²) in [6.07, 6.45) is 1.90. The molecule has 1 N–H and O–H groups in total. The van der Waals surface area contributed by atoms with Gasteiger partial charge in [-0.15, -0.1) is 11.3 Å². The van der Waals surface area contributed by atoms with Gasteiger partial charge < -0.3 is 5.32 Å². The molecule has 0 radical (unpaired) electrons. The second kappa shape index (κ2) is 7.58. The quantitative estimate of drug-likeness (QED) is 0.869. The molecule has 1 fully saturated rings. The molecular formula is C18H19N3O3S2. The molecule has 0 bridgehead atoms. The average molecular weight is 390 g/mol. The summed E-state index contributed by atoms with van der Waals surface area (Å²) >= 11 is 1.27. The number of carbonyl (C=O) groups excluding carboxylic acids is 1. The number of anilines is 1. The summed E-state index contributed by atoms with van der Waals surface area (Å²) in [5.41, 5.74) is 0.745. The van der Waals surface area contributed by atoms with Crippen molar-refractivity contribution in [2.75, 3.05) is 18.4 Å². The highest BCUT2D eigenvalue weighted by Crippen LogP contribution is 2.25. The largest absolute Gasteiger partial charge is 0.312 e. The minimum absolute atomic E-state index is 0.192. The number of benzene rings is 1. The molecule has 2 heterocycles. The minimum Gasteiger partial charge on any atom is -0.312 e. The van der Waals surface area contributed by atoms with Gasteiger partial charge in [-0.1, -0.05) is 6.92 Å². The van der Waals surface area contributed by atoms with Gasteiger partial charge in [0.05, 0.1) is 10.5 Å². The van der Waals surface area contributed by atoms with Gasteiger partial charge in [0.25, 0.3) is 5.91 Å². The monoisotopic (exact) mass is 389 g/mol. The number of hydrogen-bond donors (Lipinski definition) is 1. The number of nitrogens with one attached hydrogen (secondary N) is 1. The van der Waals surface area contributed by atoms with Gasteiger partial charge in [0.2, 0.25) is 10.0 Å². The number of hydrogen-bond acceptors (Lipinski definition) is 5. The summed E-state index contributed by atoms with van der Waals surface area (Å²) in [6.45, 7) is 3.11. The van der Waals surface area contributed by atoms with Crippen LogP contribution in [-0.4, -0.2) is 31.7 Å². The molecule has 1 aliphatic rings. The van der Waals surface area contributed by atoms with Crippen LogP contribution in [0.15, 0.2) is 40.6 Å². The predicted octanol–water partition coefficient (Wildman–Crippen LogP) is 3.29. The van der Waals surface area contributed by atoms with Crippen LogP contribution in [0.25, 0.3) is 0 Å². The van der Waals surface area contributed by atoms with Crippen molar-refractivity contribution in [1.29, 1.82) is 5.26 Å². The number of thiophene rings is 1. The highest BCUT2D eigenvalue weighted by Gasteiger charge is 2.28. The maximum absolute atomic E-state index is 12.7. The van der Waals surface area contributed by atoms with E-state index in [-0.39, 0.29) is 10.8 Å².